The smallest absolute Gasteiger partial charge is 0.405 e. The number of hydrogen-bond acceptors (Lipinski definition) is 12. The first-order valence-corrected chi connectivity index (χ1v) is 10.4. The first-order chi connectivity index (χ1) is 14.6. The van der Waals surface area contributed by atoms with Gasteiger partial charge in [0.1, 0.15) is 30.7 Å². The molecule has 7 atom stereocenters. The summed E-state index contributed by atoms with van der Waals surface area (Å²) in [6, 6.07) is -1.18. The van der Waals surface area contributed by atoms with Gasteiger partial charge >= 0.3 is 6.09 Å². The van der Waals surface area contributed by atoms with Gasteiger partial charge in [0.05, 0.1) is 12.4 Å². The molecule has 3 heterocycles. The van der Waals surface area contributed by atoms with E-state index in [9.17, 15) is 24.9 Å². The molecule has 1 aliphatic heterocycles. The van der Waals surface area contributed by atoms with E-state index in [1.54, 1.807) is 6.26 Å². The van der Waals surface area contributed by atoms with Gasteiger partial charge in [-0.2, -0.15) is 0 Å². The Hall–Kier alpha value is -2.56. The van der Waals surface area contributed by atoms with E-state index in [4.69, 9.17) is 20.9 Å². The fourth-order valence-electron chi connectivity index (χ4n) is 3.05. The Labute approximate surface area is 179 Å². The van der Waals surface area contributed by atoms with Crippen LogP contribution in [0.3, 0.4) is 0 Å². The summed E-state index contributed by atoms with van der Waals surface area (Å²) in [6.07, 6.45) is -3.09. The van der Waals surface area contributed by atoms with Gasteiger partial charge in [-0.05, 0) is 13.2 Å². The predicted octanol–water partition coefficient (Wildman–Crippen LogP) is -2.12. The Balaban J connectivity index is 1.88. The molecule has 31 heavy (non-hydrogen) atoms. The third kappa shape index (κ3) is 4.56. The molecule has 3 rings (SSSR count). The number of nitrogens with one attached hydrogen (secondary N) is 1. The molecule has 1 aliphatic rings. The molecule has 8 N–H and O–H groups in total. The lowest BCUT2D eigenvalue weighted by molar-refractivity contribution is -0.119. The Morgan fingerprint density at radius 1 is 1.32 bits per heavy atom. The molecular weight excluding hydrogens is 434 g/mol. The number of fused-ring (bicyclic) bond motifs is 1. The molecular formula is C16H23N7O7S. The summed E-state index contributed by atoms with van der Waals surface area (Å²) in [4.78, 5) is 35.5. The van der Waals surface area contributed by atoms with Gasteiger partial charge in [-0.15, -0.1) is 11.8 Å². The minimum atomic E-state index is -1.41. The number of rotatable bonds is 7. The van der Waals surface area contributed by atoms with E-state index in [1.807, 2.05) is 0 Å². The molecule has 15 heteroatoms. The molecule has 2 amide bonds. The number of hydrogen-bond donors (Lipinski definition) is 6. The van der Waals surface area contributed by atoms with Crippen LogP contribution in [0.2, 0.25) is 0 Å². The maximum absolute atomic E-state index is 12.2. The number of aliphatic hydroxyl groups is 3. The lowest BCUT2D eigenvalue weighted by Gasteiger charge is -2.23. The average molecular weight is 457 g/mol. The molecule has 0 bridgehead atoms. The second-order valence-corrected chi connectivity index (χ2v) is 7.75. The number of carbonyl (C=O) groups excluding carboxylic acids is 2. The van der Waals surface area contributed by atoms with Gasteiger partial charge in [-0.3, -0.25) is 9.36 Å². The SMILES string of the molecule is CSC(OC(N)=O)[C@H]1O[C@@H](n2cnc3c(NC(=O)[C@@H](N)[C@@H](C)O)ncnc32)[C@H](O)[C@@H]1O. The molecule has 0 spiro atoms. The van der Waals surface area contributed by atoms with Crippen molar-refractivity contribution in [2.75, 3.05) is 11.6 Å². The summed E-state index contributed by atoms with van der Waals surface area (Å²) in [5, 5.41) is 32.9. The fraction of sp³-hybridized carbons (Fsp3) is 0.562. The molecule has 0 saturated carbocycles. The Morgan fingerprint density at radius 2 is 2.03 bits per heavy atom. The third-order valence-electron chi connectivity index (χ3n) is 4.71. The molecule has 0 aromatic carbocycles. The van der Waals surface area contributed by atoms with Gasteiger partial charge in [0.2, 0.25) is 5.91 Å². The number of amides is 2. The molecule has 14 nitrogen and oxygen atoms in total. The number of ether oxygens (including phenoxy) is 2. The normalized spacial score (nSPS) is 26.4. The number of carbonyl (C=O) groups is 2. The highest BCUT2D eigenvalue weighted by Crippen LogP contribution is 2.36. The molecule has 0 radical (unpaired) electrons. The number of anilines is 1. The van der Waals surface area contributed by atoms with Crippen molar-refractivity contribution in [1.29, 1.82) is 0 Å². The monoisotopic (exact) mass is 457 g/mol. The van der Waals surface area contributed by atoms with Crippen LogP contribution in [0.1, 0.15) is 13.2 Å². The second kappa shape index (κ2) is 9.29. The average Bonchev–Trinajstić information content (AvgIpc) is 3.27. The van der Waals surface area contributed by atoms with Crippen molar-refractivity contribution in [2.45, 2.75) is 49.0 Å². The molecule has 1 fully saturated rings. The van der Waals surface area contributed by atoms with Gasteiger partial charge in [0.25, 0.3) is 0 Å². The maximum atomic E-state index is 12.2. The van der Waals surface area contributed by atoms with Crippen molar-refractivity contribution in [3.05, 3.63) is 12.7 Å². The van der Waals surface area contributed by atoms with Crippen LogP contribution in [0.5, 0.6) is 0 Å². The summed E-state index contributed by atoms with van der Waals surface area (Å²) in [6.45, 7) is 1.37. The molecule has 170 valence electrons. The van der Waals surface area contributed by atoms with Crippen molar-refractivity contribution in [3.63, 3.8) is 0 Å². The first kappa shape index (κ1) is 23.1. The molecule has 1 unspecified atom stereocenters. The van der Waals surface area contributed by atoms with Crippen LogP contribution in [0.15, 0.2) is 12.7 Å². The van der Waals surface area contributed by atoms with Crippen molar-refractivity contribution in [1.82, 2.24) is 19.5 Å². The number of nitrogens with two attached hydrogens (primary N) is 2. The summed E-state index contributed by atoms with van der Waals surface area (Å²) >= 11 is 1.07. The van der Waals surface area contributed by atoms with Gasteiger partial charge < -0.3 is 41.6 Å². The molecule has 2 aromatic rings. The third-order valence-corrected chi connectivity index (χ3v) is 5.53. The molecule has 1 saturated heterocycles. The lowest BCUT2D eigenvalue weighted by Crippen LogP contribution is -2.43. The van der Waals surface area contributed by atoms with Gasteiger partial charge in [0, 0.05) is 0 Å². The van der Waals surface area contributed by atoms with Gasteiger partial charge in [-0.1, -0.05) is 0 Å². The summed E-state index contributed by atoms with van der Waals surface area (Å²) in [7, 11) is 0. The lowest BCUT2D eigenvalue weighted by atomic mass is 10.1. The standard InChI is InChI=1S/C16H23N7O7S/c1-5(24)6(17)13(27)22-11-7-12(20-3-19-11)23(4-21-7)14-9(26)8(25)10(29-14)15(31-2)30-16(18)28/h3-6,8-10,14-15,24-26H,17H2,1-2H3,(H2,18,28)(H,19,20,22,27)/t5-,6+,8+,9-,10+,14-,15?/m1/s1. The zero-order valence-corrected chi connectivity index (χ0v) is 17.3. The molecule has 0 aliphatic carbocycles. The summed E-state index contributed by atoms with van der Waals surface area (Å²) < 4.78 is 12.0. The zero-order valence-electron chi connectivity index (χ0n) is 16.5. The molecule has 2 aromatic heterocycles. The minimum absolute atomic E-state index is 0.0356. The van der Waals surface area contributed by atoms with Crippen molar-refractivity contribution < 1.29 is 34.4 Å². The van der Waals surface area contributed by atoms with Crippen LogP contribution in [0, 0.1) is 0 Å². The number of aromatic nitrogens is 4. The van der Waals surface area contributed by atoms with Crippen molar-refractivity contribution in [3.8, 4) is 0 Å². The van der Waals surface area contributed by atoms with E-state index in [1.165, 1.54) is 17.8 Å². The van der Waals surface area contributed by atoms with Gasteiger partial charge in [-0.25, -0.2) is 19.7 Å². The minimum Gasteiger partial charge on any atom is -0.432 e. The highest BCUT2D eigenvalue weighted by atomic mass is 32.2. The Kier molecular flexibility index (Phi) is 6.93. The van der Waals surface area contributed by atoms with Crippen LogP contribution >= 0.6 is 11.8 Å². The fourth-order valence-corrected chi connectivity index (χ4v) is 3.74. The van der Waals surface area contributed by atoms with Gasteiger partial charge in [0.15, 0.2) is 28.6 Å². The van der Waals surface area contributed by atoms with E-state index in [-0.39, 0.29) is 17.0 Å². The van der Waals surface area contributed by atoms with E-state index < -0.39 is 54.1 Å². The largest absolute Gasteiger partial charge is 0.432 e. The summed E-state index contributed by atoms with van der Waals surface area (Å²) in [5.74, 6) is -0.642. The van der Waals surface area contributed by atoms with E-state index in [2.05, 4.69) is 20.3 Å². The summed E-state index contributed by atoms with van der Waals surface area (Å²) in [5.41, 5.74) is 10.1. The number of imidazole rings is 1. The van der Waals surface area contributed by atoms with E-state index >= 15 is 0 Å². The first-order valence-electron chi connectivity index (χ1n) is 9.08. The van der Waals surface area contributed by atoms with Crippen molar-refractivity contribution >= 4 is 40.7 Å². The topological polar surface area (TPSA) is 221 Å². The highest BCUT2D eigenvalue weighted by Gasteiger charge is 2.48. The van der Waals surface area contributed by atoms with Crippen LogP contribution in [0.25, 0.3) is 11.2 Å². The van der Waals surface area contributed by atoms with Crippen LogP contribution < -0.4 is 16.8 Å². The number of primary amides is 1. The van der Waals surface area contributed by atoms with Crippen LogP contribution in [-0.2, 0) is 14.3 Å². The zero-order chi connectivity index (χ0) is 22.9. The number of aliphatic hydroxyl groups excluding tert-OH is 3. The quantitative estimate of drug-likeness (QED) is 0.246. The highest BCUT2D eigenvalue weighted by molar-refractivity contribution is 7.99. The number of thioether (sulfide) groups is 1. The second-order valence-electron chi connectivity index (χ2n) is 6.82. The Morgan fingerprint density at radius 3 is 2.65 bits per heavy atom. The maximum Gasteiger partial charge on any atom is 0.405 e. The van der Waals surface area contributed by atoms with E-state index in [0.29, 0.717) is 0 Å². The van der Waals surface area contributed by atoms with E-state index in [0.717, 1.165) is 18.1 Å². The van der Waals surface area contributed by atoms with Crippen LogP contribution in [0.4, 0.5) is 10.6 Å². The predicted molar refractivity (Wildman–Crippen MR) is 108 cm³/mol. The number of nitrogens with zero attached hydrogens (tertiary/aromatic N) is 4. The van der Waals surface area contributed by atoms with Crippen LogP contribution in [-0.4, -0.2) is 89.0 Å². The van der Waals surface area contributed by atoms with Crippen molar-refractivity contribution in [2.24, 2.45) is 11.5 Å². The Bertz CT molecular complexity index is 958.